The van der Waals surface area contributed by atoms with E-state index in [2.05, 4.69) is 5.16 Å². The summed E-state index contributed by atoms with van der Waals surface area (Å²) in [5, 5.41) is 4.85. The average molecular weight is 222 g/mol. The highest BCUT2D eigenvalue weighted by Gasteiger charge is 2.33. The van der Waals surface area contributed by atoms with Crippen LogP contribution in [0.25, 0.3) is 0 Å². The molecule has 0 spiro atoms. The number of carbonyl (C=O) groups excluding carboxylic acids is 1. The lowest BCUT2D eigenvalue weighted by molar-refractivity contribution is -0.107. The lowest BCUT2D eigenvalue weighted by Crippen LogP contribution is -2.26. The van der Waals surface area contributed by atoms with Crippen molar-refractivity contribution in [2.75, 3.05) is 11.6 Å². The Labute approximate surface area is 86.8 Å². The second-order valence-electron chi connectivity index (χ2n) is 3.14. The summed E-state index contributed by atoms with van der Waals surface area (Å²) in [5.41, 5.74) is -0.342. The second kappa shape index (κ2) is 4.86. The van der Waals surface area contributed by atoms with Crippen LogP contribution in [-0.2, 0) is 9.63 Å². The molecule has 13 heavy (non-hydrogen) atoms. The number of alkyl halides is 1. The highest BCUT2D eigenvalue weighted by atomic mass is 35.5. The summed E-state index contributed by atoms with van der Waals surface area (Å²) >= 11 is 7.27. The fraction of sp³-hybridized carbons (Fsp3) is 0.750. The van der Waals surface area contributed by atoms with Gasteiger partial charge in [0.25, 0.3) is 0 Å². The molecule has 0 saturated carbocycles. The Hall–Kier alpha value is -0.220. The SMILES string of the molecule is CC1(CCl)CC(SCCC=O)=NO1. The largest absolute Gasteiger partial charge is 0.387 e. The van der Waals surface area contributed by atoms with Crippen LogP contribution in [0.1, 0.15) is 19.8 Å². The molecule has 0 bridgehead atoms. The number of oxime groups is 1. The number of rotatable bonds is 4. The summed E-state index contributed by atoms with van der Waals surface area (Å²) in [4.78, 5) is 15.2. The Morgan fingerprint density at radius 2 is 2.62 bits per heavy atom. The first-order valence-corrected chi connectivity index (χ1v) is 5.60. The third-order valence-electron chi connectivity index (χ3n) is 1.68. The van der Waals surface area contributed by atoms with E-state index in [1.165, 1.54) is 0 Å². The van der Waals surface area contributed by atoms with Gasteiger partial charge in [0.1, 0.15) is 11.3 Å². The van der Waals surface area contributed by atoms with Crippen molar-refractivity contribution in [3.8, 4) is 0 Å². The van der Waals surface area contributed by atoms with Gasteiger partial charge in [-0.25, -0.2) is 0 Å². The fourth-order valence-corrected chi connectivity index (χ4v) is 2.01. The molecule has 1 heterocycles. The van der Waals surface area contributed by atoms with Crippen LogP contribution in [0.5, 0.6) is 0 Å². The van der Waals surface area contributed by atoms with Gasteiger partial charge in [-0.3, -0.25) is 0 Å². The number of halogens is 1. The number of hydrogen-bond donors (Lipinski definition) is 0. The molecule has 0 amide bonds. The fourth-order valence-electron chi connectivity index (χ4n) is 0.919. The minimum absolute atomic E-state index is 0.342. The third-order valence-corrected chi connectivity index (χ3v) is 3.24. The van der Waals surface area contributed by atoms with Gasteiger partial charge in [-0.15, -0.1) is 23.4 Å². The molecular weight excluding hydrogens is 210 g/mol. The first-order chi connectivity index (χ1) is 6.20. The monoisotopic (exact) mass is 221 g/mol. The van der Waals surface area contributed by atoms with Crippen molar-refractivity contribution < 1.29 is 9.63 Å². The summed E-state index contributed by atoms with van der Waals surface area (Å²) in [6.45, 7) is 1.93. The van der Waals surface area contributed by atoms with Crippen LogP contribution in [0.15, 0.2) is 5.16 Å². The van der Waals surface area contributed by atoms with E-state index in [9.17, 15) is 4.79 Å². The van der Waals surface area contributed by atoms with Crippen LogP contribution in [-0.4, -0.2) is 28.6 Å². The molecule has 74 valence electrons. The highest BCUT2D eigenvalue weighted by Crippen LogP contribution is 2.29. The van der Waals surface area contributed by atoms with E-state index in [1.54, 1.807) is 11.8 Å². The molecule has 5 heteroatoms. The van der Waals surface area contributed by atoms with Gasteiger partial charge in [0.05, 0.1) is 5.88 Å². The van der Waals surface area contributed by atoms with E-state index in [1.807, 2.05) is 6.92 Å². The van der Waals surface area contributed by atoms with Crippen LogP contribution < -0.4 is 0 Å². The van der Waals surface area contributed by atoms with E-state index < -0.39 is 0 Å². The topological polar surface area (TPSA) is 38.7 Å². The predicted molar refractivity (Wildman–Crippen MR) is 55.4 cm³/mol. The van der Waals surface area contributed by atoms with Crippen molar-refractivity contribution in [2.45, 2.75) is 25.4 Å². The van der Waals surface area contributed by atoms with Crippen LogP contribution in [0.2, 0.25) is 0 Å². The van der Waals surface area contributed by atoms with E-state index >= 15 is 0 Å². The predicted octanol–water partition coefficient (Wildman–Crippen LogP) is 2.04. The average Bonchev–Trinajstić information content (AvgIpc) is 2.50. The molecule has 1 atom stereocenters. The quantitative estimate of drug-likeness (QED) is 0.414. The van der Waals surface area contributed by atoms with Gasteiger partial charge in [0, 0.05) is 18.6 Å². The summed E-state index contributed by atoms with van der Waals surface area (Å²) in [7, 11) is 0. The second-order valence-corrected chi connectivity index (χ2v) is 4.58. The lowest BCUT2D eigenvalue weighted by atomic mass is 10.1. The first kappa shape index (κ1) is 10.9. The Morgan fingerprint density at radius 3 is 3.15 bits per heavy atom. The standard InChI is InChI=1S/C8H12ClNO2S/c1-8(6-9)5-7(10-12-8)13-4-2-3-11/h3H,2,4-6H2,1H3. The van der Waals surface area contributed by atoms with Gasteiger partial charge >= 0.3 is 0 Å². The van der Waals surface area contributed by atoms with Crippen molar-refractivity contribution in [3.05, 3.63) is 0 Å². The van der Waals surface area contributed by atoms with Gasteiger partial charge in [0.15, 0.2) is 5.60 Å². The Morgan fingerprint density at radius 1 is 1.85 bits per heavy atom. The zero-order chi connectivity index (χ0) is 9.73. The molecule has 0 aromatic heterocycles. The molecule has 0 radical (unpaired) electrons. The molecule has 1 aliphatic rings. The molecule has 0 N–H and O–H groups in total. The van der Waals surface area contributed by atoms with Crippen LogP contribution in [0.4, 0.5) is 0 Å². The third kappa shape index (κ3) is 3.19. The van der Waals surface area contributed by atoms with Crippen molar-refractivity contribution >= 4 is 34.7 Å². The smallest absolute Gasteiger partial charge is 0.154 e. The maximum atomic E-state index is 10.1. The number of aldehydes is 1. The van der Waals surface area contributed by atoms with Gasteiger partial charge in [-0.2, -0.15) is 0 Å². The number of hydrogen-bond acceptors (Lipinski definition) is 4. The Balaban J connectivity index is 2.27. The van der Waals surface area contributed by atoms with Gasteiger partial charge in [0.2, 0.25) is 0 Å². The van der Waals surface area contributed by atoms with E-state index in [4.69, 9.17) is 16.4 Å². The molecule has 0 aliphatic carbocycles. The normalized spacial score (nSPS) is 26.8. The van der Waals surface area contributed by atoms with E-state index in [0.717, 1.165) is 23.5 Å². The molecule has 0 fully saturated rings. The molecular formula is C8H12ClNO2S. The van der Waals surface area contributed by atoms with E-state index in [0.29, 0.717) is 12.3 Å². The molecule has 0 aromatic rings. The zero-order valence-corrected chi connectivity index (χ0v) is 9.03. The summed E-state index contributed by atoms with van der Waals surface area (Å²) in [6.07, 6.45) is 2.21. The number of thioether (sulfide) groups is 1. The van der Waals surface area contributed by atoms with Crippen molar-refractivity contribution in [3.63, 3.8) is 0 Å². The van der Waals surface area contributed by atoms with Crippen LogP contribution >= 0.6 is 23.4 Å². The number of carbonyl (C=O) groups is 1. The van der Waals surface area contributed by atoms with Crippen molar-refractivity contribution in [1.29, 1.82) is 0 Å². The highest BCUT2D eigenvalue weighted by molar-refractivity contribution is 8.13. The minimum atomic E-state index is -0.342. The van der Waals surface area contributed by atoms with Gasteiger partial charge in [-0.05, 0) is 6.92 Å². The summed E-state index contributed by atoms with van der Waals surface area (Å²) in [6, 6.07) is 0. The first-order valence-electron chi connectivity index (χ1n) is 4.07. The Kier molecular flexibility index (Phi) is 4.06. The molecule has 0 saturated heterocycles. The summed E-state index contributed by atoms with van der Waals surface area (Å²) in [5.74, 6) is 1.21. The Bertz CT molecular complexity index is 222. The van der Waals surface area contributed by atoms with Crippen molar-refractivity contribution in [1.82, 2.24) is 0 Å². The minimum Gasteiger partial charge on any atom is -0.387 e. The van der Waals surface area contributed by atoms with Gasteiger partial charge < -0.3 is 9.63 Å². The maximum Gasteiger partial charge on any atom is 0.154 e. The zero-order valence-electron chi connectivity index (χ0n) is 7.46. The maximum absolute atomic E-state index is 10.1. The van der Waals surface area contributed by atoms with Crippen LogP contribution in [0.3, 0.4) is 0 Å². The van der Waals surface area contributed by atoms with Crippen molar-refractivity contribution in [2.24, 2.45) is 5.16 Å². The lowest BCUT2D eigenvalue weighted by Gasteiger charge is -2.16. The van der Waals surface area contributed by atoms with Gasteiger partial charge in [-0.1, -0.05) is 5.16 Å². The molecule has 0 aromatic carbocycles. The molecule has 1 unspecified atom stereocenters. The molecule has 3 nitrogen and oxygen atoms in total. The van der Waals surface area contributed by atoms with Crippen LogP contribution in [0, 0.1) is 0 Å². The molecule has 1 rings (SSSR count). The van der Waals surface area contributed by atoms with E-state index in [-0.39, 0.29) is 5.60 Å². The molecule has 1 aliphatic heterocycles. The number of nitrogens with zero attached hydrogens (tertiary/aromatic N) is 1. The summed E-state index contributed by atoms with van der Waals surface area (Å²) < 4.78 is 0.